The lowest BCUT2D eigenvalue weighted by Gasteiger charge is -2.47. The minimum atomic E-state index is -1.31. The zero-order valence-electron chi connectivity index (χ0n) is 36.1. The number of cyclic esters (lactones) is 1. The fourth-order valence-corrected chi connectivity index (χ4v) is 10.4. The molecule has 0 aliphatic carbocycles. The number of aliphatic hydroxyl groups excluding tert-OH is 1. The van der Waals surface area contributed by atoms with Crippen LogP contribution in [0.5, 0.6) is 0 Å². The minimum Gasteiger partial charge on any atom is -0.458 e. The predicted octanol–water partition coefficient (Wildman–Crippen LogP) is 5.05. The topological polar surface area (TPSA) is 193 Å². The summed E-state index contributed by atoms with van der Waals surface area (Å²) in [6, 6.07) is 5.27. The highest BCUT2D eigenvalue weighted by molar-refractivity contribution is 7.14. The van der Waals surface area contributed by atoms with Crippen molar-refractivity contribution in [2.24, 2.45) is 45.7 Å². The van der Waals surface area contributed by atoms with Gasteiger partial charge in [0.1, 0.15) is 29.7 Å². The van der Waals surface area contributed by atoms with Crippen LogP contribution in [-0.4, -0.2) is 124 Å². The van der Waals surface area contributed by atoms with Crippen LogP contribution in [0.3, 0.4) is 0 Å². The van der Waals surface area contributed by atoms with E-state index in [0.29, 0.717) is 34.3 Å². The number of Topliss-reactive ketones (excluding diaryl/α,β-unsaturated/α-hetero) is 1. The number of ether oxygens (including phenoxy) is 5. The van der Waals surface area contributed by atoms with Crippen LogP contribution in [0.1, 0.15) is 92.7 Å². The van der Waals surface area contributed by atoms with Gasteiger partial charge in [0, 0.05) is 42.8 Å². The molecule has 4 aliphatic rings. The first-order valence-electron chi connectivity index (χ1n) is 20.6. The van der Waals surface area contributed by atoms with Gasteiger partial charge in [0.05, 0.1) is 17.8 Å². The van der Waals surface area contributed by atoms with E-state index in [1.54, 1.807) is 34.1 Å². The molecule has 2 bridgehead atoms. The van der Waals surface area contributed by atoms with Gasteiger partial charge in [-0.1, -0.05) is 50.3 Å². The maximum absolute atomic E-state index is 14.4. The van der Waals surface area contributed by atoms with E-state index < -0.39 is 83.3 Å². The fourth-order valence-electron chi connectivity index (χ4n) is 9.58. The Balaban J connectivity index is 1.42. The lowest BCUT2D eigenvalue weighted by Crippen LogP contribution is -2.59. The van der Waals surface area contributed by atoms with E-state index in [1.807, 2.05) is 71.8 Å². The number of aliphatic imine (C=N–C) groups is 1. The van der Waals surface area contributed by atoms with Crippen molar-refractivity contribution < 1.29 is 48.0 Å². The van der Waals surface area contributed by atoms with Crippen molar-refractivity contribution in [2.75, 3.05) is 21.2 Å². The molecule has 17 heteroatoms. The zero-order chi connectivity index (χ0) is 43.1. The molecule has 0 unspecified atom stereocenters. The van der Waals surface area contributed by atoms with E-state index in [1.165, 1.54) is 18.3 Å². The molecule has 2 aromatic rings. The number of fused-ring (bicyclic) bond motifs is 1. The first kappa shape index (κ1) is 44.8. The number of carbonyl (C=O) groups is 3. The van der Waals surface area contributed by atoms with Gasteiger partial charge >= 0.3 is 11.9 Å². The Morgan fingerprint density at radius 1 is 1.07 bits per heavy atom. The molecule has 3 fully saturated rings. The summed E-state index contributed by atoms with van der Waals surface area (Å²) in [4.78, 5) is 59.8. The number of hydrogen-bond acceptors (Lipinski definition) is 16. The minimum absolute atomic E-state index is 0.129. The van der Waals surface area contributed by atoms with Crippen LogP contribution in [0.25, 0.3) is 10.7 Å². The number of nitrogens with zero attached hydrogens (tertiary/aromatic N) is 6. The number of carbonyl (C=O) groups excluding carboxylic acids is 3. The summed E-state index contributed by atoms with van der Waals surface area (Å²) in [5.74, 6) is -5.98. The highest BCUT2D eigenvalue weighted by Crippen LogP contribution is 2.51. The molecule has 324 valence electrons. The number of aliphatic hydroxyl groups is 1. The van der Waals surface area contributed by atoms with Crippen molar-refractivity contribution in [1.29, 1.82) is 0 Å². The average Bonchev–Trinajstić information content (AvgIpc) is 3.81. The summed E-state index contributed by atoms with van der Waals surface area (Å²) in [6.45, 7) is 16.4. The molecule has 6 rings (SSSR count). The molecule has 16 nitrogen and oxygen atoms in total. The van der Waals surface area contributed by atoms with Crippen LogP contribution in [0.2, 0.25) is 0 Å². The number of hydrogen-bond donors (Lipinski definition) is 1. The number of rotatable bonds is 9. The number of pyridine rings is 1. The lowest BCUT2D eigenvalue weighted by atomic mass is 9.65. The molecule has 0 radical (unpaired) electrons. The quantitative estimate of drug-likeness (QED) is 0.200. The van der Waals surface area contributed by atoms with Gasteiger partial charge in [-0.25, -0.2) is 4.99 Å². The van der Waals surface area contributed by atoms with Crippen molar-refractivity contribution in [2.45, 2.75) is 136 Å². The summed E-state index contributed by atoms with van der Waals surface area (Å²) in [7, 11) is 5.32. The molecule has 59 heavy (non-hydrogen) atoms. The van der Waals surface area contributed by atoms with E-state index >= 15 is 0 Å². The number of methoxy groups -OCH3 is 1. The molecular formula is C42H60N6O10S. The molecule has 2 aromatic heterocycles. The Bertz CT molecular complexity index is 1910. The lowest BCUT2D eigenvalue weighted by molar-refractivity contribution is -0.295. The van der Waals surface area contributed by atoms with Crippen LogP contribution < -0.4 is 0 Å². The fraction of sp³-hybridized carbons (Fsp3) is 0.714. The second-order valence-electron chi connectivity index (χ2n) is 17.3. The summed E-state index contributed by atoms with van der Waals surface area (Å²) in [5.41, 5.74) is -1.12. The maximum Gasteiger partial charge on any atom is 0.317 e. The van der Waals surface area contributed by atoms with Crippen molar-refractivity contribution in [3.63, 3.8) is 0 Å². The Kier molecular flexibility index (Phi) is 13.4. The third-order valence-electron chi connectivity index (χ3n) is 12.9. The summed E-state index contributed by atoms with van der Waals surface area (Å²) < 4.78 is 31.7. The average molecular weight is 841 g/mol. The van der Waals surface area contributed by atoms with Gasteiger partial charge in [-0.05, 0) is 86.0 Å². The highest BCUT2D eigenvalue weighted by atomic mass is 32.1. The number of ketones is 1. The van der Waals surface area contributed by atoms with Crippen molar-refractivity contribution >= 4 is 40.6 Å². The van der Waals surface area contributed by atoms with E-state index in [2.05, 4.69) is 20.3 Å². The van der Waals surface area contributed by atoms with Crippen molar-refractivity contribution in [3.8, 4) is 10.7 Å². The largest absolute Gasteiger partial charge is 0.458 e. The SMILES string of the molecule is CC[C@@H]1OC(=O)[C@H](C)C(=O)[C@H](C)[C@@H](O[C@@H]2O[C@H](C)C[C@H](N(C)C)[C@H]2O)[C@](C)(OC)C[C@@H](C)C2=N/C(=N/O[C@H](C)c3nnc(-c4ccccn4)s3)[C@@H]3C(=O)O[C@@]1(C)[C@H]3[C@H]2C. The van der Waals surface area contributed by atoms with Crippen LogP contribution in [0, 0.1) is 35.5 Å². The van der Waals surface area contributed by atoms with Gasteiger partial charge in [-0.15, -0.1) is 10.2 Å². The number of oxime groups is 1. The Morgan fingerprint density at radius 2 is 1.80 bits per heavy atom. The Hall–Kier alpha value is -3.74. The molecule has 0 amide bonds. The number of esters is 2. The second kappa shape index (κ2) is 17.7. The summed E-state index contributed by atoms with van der Waals surface area (Å²) in [5, 5.41) is 25.9. The first-order chi connectivity index (χ1) is 27.8. The number of aromatic nitrogens is 3. The van der Waals surface area contributed by atoms with E-state index in [9.17, 15) is 19.5 Å². The smallest absolute Gasteiger partial charge is 0.317 e. The van der Waals surface area contributed by atoms with Gasteiger partial charge in [-0.3, -0.25) is 19.4 Å². The van der Waals surface area contributed by atoms with Crippen LogP contribution >= 0.6 is 11.3 Å². The second-order valence-corrected chi connectivity index (χ2v) is 18.3. The predicted molar refractivity (Wildman–Crippen MR) is 218 cm³/mol. The molecule has 0 spiro atoms. The molecular weight excluding hydrogens is 781 g/mol. The molecule has 15 atom stereocenters. The third-order valence-corrected chi connectivity index (χ3v) is 14.0. The summed E-state index contributed by atoms with van der Waals surface area (Å²) >= 11 is 1.32. The third kappa shape index (κ3) is 8.60. The molecule has 0 saturated carbocycles. The monoisotopic (exact) mass is 840 g/mol. The van der Waals surface area contributed by atoms with Gasteiger partial charge in [0.15, 0.2) is 39.6 Å². The molecule has 4 aliphatic heterocycles. The molecule has 1 N–H and O–H groups in total. The van der Waals surface area contributed by atoms with Gasteiger partial charge in [-0.2, -0.15) is 0 Å². The zero-order valence-corrected chi connectivity index (χ0v) is 37.0. The number of amidine groups is 1. The molecule has 6 heterocycles. The maximum atomic E-state index is 14.4. The Labute approximate surface area is 350 Å². The standard InChI is InChI=1S/C42H60N6O10S/c1-13-28-42(9)30-22(4)31(44-35(29(30)39(52)57-42)47-58-25(7)36-45-46-37(59-36)26-16-14-15-17-43-26)20(2)19-41(8,53-12)34(23(5)32(49)24(6)38(51)55-28)56-40-33(50)27(48(10)11)18-21(3)54-40/h14-17,20-25,27-30,33-34,40,50H,13,18-19H2,1-12H3/b47-35+/t20-,21-,22-,23+,24-,25-,27+,28+,29-,30+,33-,34-,40+,41-,42-/m1/s1. The highest BCUT2D eigenvalue weighted by Gasteiger charge is 2.64. The normalized spacial score (nSPS) is 39.3. The molecule has 0 aromatic carbocycles. The first-order valence-corrected chi connectivity index (χ1v) is 21.4. The summed E-state index contributed by atoms with van der Waals surface area (Å²) in [6.07, 6.45) is -2.08. The van der Waals surface area contributed by atoms with Crippen LogP contribution in [-0.2, 0) is 42.9 Å². The van der Waals surface area contributed by atoms with Gasteiger partial charge in [0.2, 0.25) is 0 Å². The van der Waals surface area contributed by atoms with E-state index in [0.717, 1.165) is 0 Å². The van der Waals surface area contributed by atoms with Gasteiger partial charge in [0.25, 0.3) is 0 Å². The van der Waals surface area contributed by atoms with Crippen LogP contribution in [0.4, 0.5) is 0 Å². The van der Waals surface area contributed by atoms with Crippen LogP contribution in [0.15, 0.2) is 34.5 Å². The number of likely N-dealkylation sites (N-methyl/N-ethyl adjacent to an activating group) is 1. The van der Waals surface area contributed by atoms with Crippen molar-refractivity contribution in [3.05, 3.63) is 29.4 Å². The van der Waals surface area contributed by atoms with E-state index in [-0.39, 0.29) is 36.2 Å². The Morgan fingerprint density at radius 3 is 2.44 bits per heavy atom. The van der Waals surface area contributed by atoms with E-state index in [4.69, 9.17) is 33.5 Å². The molecule has 3 saturated heterocycles. The van der Waals surface area contributed by atoms with Crippen molar-refractivity contribution in [1.82, 2.24) is 20.1 Å². The van der Waals surface area contributed by atoms with Gasteiger partial charge < -0.3 is 38.5 Å².